The fourth-order valence-electron chi connectivity index (χ4n) is 2.26. The Morgan fingerprint density at radius 1 is 1.33 bits per heavy atom. The van der Waals surface area contributed by atoms with Crippen molar-refractivity contribution in [2.75, 3.05) is 43.9 Å². The molecule has 0 atom stereocenters. The first-order valence-corrected chi connectivity index (χ1v) is 6.77. The molecule has 1 saturated heterocycles. The minimum Gasteiger partial charge on any atom is -0.370 e. The van der Waals surface area contributed by atoms with E-state index in [1.54, 1.807) is 0 Å². The maximum absolute atomic E-state index is 4.41. The van der Waals surface area contributed by atoms with Crippen LogP contribution in [0.15, 0.2) is 6.20 Å². The second-order valence-corrected chi connectivity index (χ2v) is 4.80. The summed E-state index contributed by atoms with van der Waals surface area (Å²) in [5, 5.41) is 6.35. The van der Waals surface area contributed by atoms with Gasteiger partial charge < -0.3 is 15.5 Å². The lowest BCUT2D eigenvalue weighted by Crippen LogP contribution is -2.22. The van der Waals surface area contributed by atoms with Gasteiger partial charge in [-0.05, 0) is 45.8 Å². The van der Waals surface area contributed by atoms with Gasteiger partial charge in [0.05, 0.1) is 0 Å². The summed E-state index contributed by atoms with van der Waals surface area (Å²) < 4.78 is 0. The molecule has 18 heavy (non-hydrogen) atoms. The van der Waals surface area contributed by atoms with Gasteiger partial charge in [-0.3, -0.25) is 0 Å². The van der Waals surface area contributed by atoms with E-state index in [-0.39, 0.29) is 0 Å². The molecule has 1 fully saturated rings. The highest BCUT2D eigenvalue weighted by molar-refractivity contribution is 5.46. The fourth-order valence-corrected chi connectivity index (χ4v) is 2.26. The molecule has 0 spiro atoms. The van der Waals surface area contributed by atoms with Crippen LogP contribution in [0.4, 0.5) is 11.8 Å². The van der Waals surface area contributed by atoms with Crippen molar-refractivity contribution < 1.29 is 0 Å². The predicted octanol–water partition coefficient (Wildman–Crippen LogP) is 1.72. The molecular weight excluding hydrogens is 226 g/mol. The van der Waals surface area contributed by atoms with Gasteiger partial charge in [-0.1, -0.05) is 0 Å². The Morgan fingerprint density at radius 3 is 2.83 bits per heavy atom. The van der Waals surface area contributed by atoms with Gasteiger partial charge in [0.1, 0.15) is 5.82 Å². The molecule has 1 aromatic heterocycles. The molecule has 1 aliphatic rings. The second kappa shape index (κ2) is 6.54. The van der Waals surface area contributed by atoms with E-state index in [2.05, 4.69) is 25.5 Å². The Balaban J connectivity index is 1.75. The van der Waals surface area contributed by atoms with E-state index in [0.29, 0.717) is 5.95 Å². The molecule has 0 amide bonds. The van der Waals surface area contributed by atoms with Crippen molar-refractivity contribution in [3.05, 3.63) is 11.8 Å². The van der Waals surface area contributed by atoms with E-state index in [0.717, 1.165) is 17.9 Å². The number of nitrogens with one attached hydrogen (secondary N) is 2. The summed E-state index contributed by atoms with van der Waals surface area (Å²) in [5.74, 6) is 1.61. The largest absolute Gasteiger partial charge is 0.370 e. The van der Waals surface area contributed by atoms with E-state index in [1.165, 1.54) is 38.9 Å². The summed E-state index contributed by atoms with van der Waals surface area (Å²) in [6.07, 6.45) is 5.74. The summed E-state index contributed by atoms with van der Waals surface area (Å²) in [4.78, 5) is 11.1. The van der Waals surface area contributed by atoms with E-state index in [4.69, 9.17) is 0 Å². The molecule has 0 bridgehead atoms. The van der Waals surface area contributed by atoms with Crippen LogP contribution in [-0.4, -0.2) is 48.1 Å². The number of hydrogen-bond donors (Lipinski definition) is 2. The third kappa shape index (κ3) is 3.57. The number of aromatic nitrogens is 2. The smallest absolute Gasteiger partial charge is 0.224 e. The van der Waals surface area contributed by atoms with Gasteiger partial charge in [0.2, 0.25) is 5.95 Å². The van der Waals surface area contributed by atoms with Crippen molar-refractivity contribution in [2.24, 2.45) is 0 Å². The Morgan fingerprint density at radius 2 is 2.11 bits per heavy atom. The van der Waals surface area contributed by atoms with E-state index in [9.17, 15) is 0 Å². The number of aryl methyl sites for hydroxylation is 1. The van der Waals surface area contributed by atoms with Gasteiger partial charge in [0.25, 0.3) is 0 Å². The zero-order chi connectivity index (χ0) is 12.8. The highest BCUT2D eigenvalue weighted by atomic mass is 15.1. The van der Waals surface area contributed by atoms with Gasteiger partial charge in [-0.2, -0.15) is 4.98 Å². The maximum Gasteiger partial charge on any atom is 0.224 e. The average molecular weight is 249 g/mol. The molecule has 1 aliphatic heterocycles. The van der Waals surface area contributed by atoms with Crippen molar-refractivity contribution in [1.29, 1.82) is 0 Å². The Hall–Kier alpha value is -1.36. The van der Waals surface area contributed by atoms with Crippen LogP contribution < -0.4 is 10.6 Å². The van der Waals surface area contributed by atoms with Crippen LogP contribution in [0, 0.1) is 6.92 Å². The van der Waals surface area contributed by atoms with Crippen molar-refractivity contribution in [1.82, 2.24) is 14.9 Å². The Bertz CT molecular complexity index is 374. The number of hydrogen-bond acceptors (Lipinski definition) is 5. The van der Waals surface area contributed by atoms with Crippen LogP contribution in [0.5, 0.6) is 0 Å². The van der Waals surface area contributed by atoms with Crippen molar-refractivity contribution in [2.45, 2.75) is 26.2 Å². The van der Waals surface area contributed by atoms with Gasteiger partial charge in [0, 0.05) is 25.4 Å². The third-order valence-electron chi connectivity index (χ3n) is 3.34. The molecule has 0 unspecified atom stereocenters. The molecule has 0 aromatic carbocycles. The van der Waals surface area contributed by atoms with Crippen LogP contribution >= 0.6 is 0 Å². The first kappa shape index (κ1) is 13.1. The van der Waals surface area contributed by atoms with Crippen LogP contribution in [0.3, 0.4) is 0 Å². The molecule has 0 saturated carbocycles. The maximum atomic E-state index is 4.41. The van der Waals surface area contributed by atoms with Crippen LogP contribution in [0.2, 0.25) is 0 Å². The average Bonchev–Trinajstić information content (AvgIpc) is 2.89. The molecule has 1 aromatic rings. The zero-order valence-corrected chi connectivity index (χ0v) is 11.4. The van der Waals surface area contributed by atoms with Crippen LogP contribution in [0.1, 0.15) is 24.8 Å². The fraction of sp³-hybridized carbons (Fsp3) is 0.692. The van der Waals surface area contributed by atoms with E-state index >= 15 is 0 Å². The number of rotatable bonds is 6. The Kier molecular flexibility index (Phi) is 4.75. The predicted molar refractivity (Wildman–Crippen MR) is 75.1 cm³/mol. The SMILES string of the molecule is CNc1ncc(C)c(NCCCN2CCCC2)n1. The lowest BCUT2D eigenvalue weighted by atomic mass is 10.3. The molecule has 2 N–H and O–H groups in total. The van der Waals surface area contributed by atoms with Gasteiger partial charge in [-0.25, -0.2) is 4.98 Å². The molecule has 5 nitrogen and oxygen atoms in total. The van der Waals surface area contributed by atoms with Gasteiger partial charge in [-0.15, -0.1) is 0 Å². The summed E-state index contributed by atoms with van der Waals surface area (Å²) in [7, 11) is 1.84. The molecule has 2 heterocycles. The first-order chi connectivity index (χ1) is 8.79. The second-order valence-electron chi connectivity index (χ2n) is 4.80. The van der Waals surface area contributed by atoms with Crippen LogP contribution in [0.25, 0.3) is 0 Å². The van der Waals surface area contributed by atoms with E-state index < -0.39 is 0 Å². The van der Waals surface area contributed by atoms with Crippen molar-refractivity contribution in [3.8, 4) is 0 Å². The summed E-state index contributed by atoms with van der Waals surface area (Å²) in [6, 6.07) is 0. The molecule has 5 heteroatoms. The van der Waals surface area contributed by atoms with Gasteiger partial charge in [0.15, 0.2) is 0 Å². The minimum atomic E-state index is 0.669. The lowest BCUT2D eigenvalue weighted by Gasteiger charge is -2.15. The molecule has 100 valence electrons. The minimum absolute atomic E-state index is 0.669. The quantitative estimate of drug-likeness (QED) is 0.752. The summed E-state index contributed by atoms with van der Waals surface area (Å²) in [6.45, 7) is 6.74. The molecular formula is C13H23N5. The normalized spacial score (nSPS) is 15.9. The molecule has 0 radical (unpaired) electrons. The van der Waals surface area contributed by atoms with E-state index in [1.807, 2.05) is 20.2 Å². The third-order valence-corrected chi connectivity index (χ3v) is 3.34. The summed E-state index contributed by atoms with van der Waals surface area (Å²) >= 11 is 0. The lowest BCUT2D eigenvalue weighted by molar-refractivity contribution is 0.337. The zero-order valence-electron chi connectivity index (χ0n) is 11.4. The van der Waals surface area contributed by atoms with Crippen LogP contribution in [-0.2, 0) is 0 Å². The topological polar surface area (TPSA) is 53.1 Å². The highest BCUT2D eigenvalue weighted by Gasteiger charge is 2.10. The number of likely N-dealkylation sites (tertiary alicyclic amines) is 1. The number of anilines is 2. The molecule has 2 rings (SSSR count). The Labute approximate surface area is 109 Å². The first-order valence-electron chi connectivity index (χ1n) is 6.77. The standard InChI is InChI=1S/C13H23N5/c1-11-10-16-13(14-2)17-12(11)15-6-5-9-18-7-3-4-8-18/h10H,3-9H2,1-2H3,(H2,14,15,16,17). The molecule has 0 aliphatic carbocycles. The van der Waals surface area contributed by atoms with Crippen molar-refractivity contribution in [3.63, 3.8) is 0 Å². The summed E-state index contributed by atoms with van der Waals surface area (Å²) in [5.41, 5.74) is 1.09. The highest BCUT2D eigenvalue weighted by Crippen LogP contribution is 2.12. The van der Waals surface area contributed by atoms with Gasteiger partial charge >= 0.3 is 0 Å². The van der Waals surface area contributed by atoms with Crippen molar-refractivity contribution >= 4 is 11.8 Å². The number of nitrogens with zero attached hydrogens (tertiary/aromatic N) is 3. The monoisotopic (exact) mass is 249 g/mol.